The quantitative estimate of drug-likeness (QED) is 0.635. The molecule has 16 heavy (non-hydrogen) atoms. The topological polar surface area (TPSA) is 30.0 Å². The molecule has 0 radical (unpaired) electrons. The van der Waals surface area contributed by atoms with E-state index in [1.165, 1.54) is 0 Å². The molecule has 0 atom stereocenters. The van der Waals surface area contributed by atoms with E-state index in [4.69, 9.17) is 0 Å². The van der Waals surface area contributed by atoms with Gasteiger partial charge in [0.05, 0.1) is 11.0 Å². The molecule has 0 unspecified atom stereocenters. The van der Waals surface area contributed by atoms with E-state index in [-0.39, 0.29) is 5.78 Å². The standard InChI is InChI=1S/C13H10BrNO/c14-8-13(16)11-6-7-12(15-9-11)10-4-2-1-3-5-10/h1-7,9H,8H2. The van der Waals surface area contributed by atoms with Crippen LogP contribution >= 0.6 is 15.9 Å². The number of pyridine rings is 1. The number of carbonyl (C=O) groups is 1. The van der Waals surface area contributed by atoms with Crippen LogP contribution < -0.4 is 0 Å². The van der Waals surface area contributed by atoms with Crippen LogP contribution in [0.1, 0.15) is 10.4 Å². The third kappa shape index (κ3) is 2.36. The number of aromatic nitrogens is 1. The summed E-state index contributed by atoms with van der Waals surface area (Å²) in [6.45, 7) is 0. The molecule has 0 spiro atoms. The Labute approximate surface area is 102 Å². The summed E-state index contributed by atoms with van der Waals surface area (Å²) >= 11 is 3.14. The maximum Gasteiger partial charge on any atom is 0.174 e. The number of ketones is 1. The maximum absolute atomic E-state index is 11.4. The van der Waals surface area contributed by atoms with Crippen molar-refractivity contribution in [1.29, 1.82) is 0 Å². The number of nitrogens with zero attached hydrogens (tertiary/aromatic N) is 1. The first-order valence-corrected chi connectivity index (χ1v) is 6.04. The predicted molar refractivity (Wildman–Crippen MR) is 67.8 cm³/mol. The van der Waals surface area contributed by atoms with Crippen molar-refractivity contribution in [2.75, 3.05) is 5.33 Å². The molecule has 0 aliphatic heterocycles. The Hall–Kier alpha value is -1.48. The zero-order chi connectivity index (χ0) is 11.4. The summed E-state index contributed by atoms with van der Waals surface area (Å²) in [5.41, 5.74) is 2.57. The van der Waals surface area contributed by atoms with Gasteiger partial charge in [0, 0.05) is 17.3 Å². The Kier molecular flexibility index (Phi) is 3.47. The maximum atomic E-state index is 11.4. The Morgan fingerprint density at radius 1 is 1.12 bits per heavy atom. The van der Waals surface area contributed by atoms with Crippen LogP contribution in [0.2, 0.25) is 0 Å². The lowest BCUT2D eigenvalue weighted by atomic mass is 10.1. The predicted octanol–water partition coefficient (Wildman–Crippen LogP) is 3.33. The molecule has 1 heterocycles. The van der Waals surface area contributed by atoms with E-state index in [1.807, 2.05) is 36.4 Å². The molecule has 2 rings (SSSR count). The van der Waals surface area contributed by atoms with Crippen LogP contribution in [-0.4, -0.2) is 16.1 Å². The second-order valence-corrected chi connectivity index (χ2v) is 3.92. The minimum Gasteiger partial charge on any atom is -0.293 e. The molecule has 0 saturated carbocycles. The van der Waals surface area contributed by atoms with Gasteiger partial charge >= 0.3 is 0 Å². The van der Waals surface area contributed by atoms with Gasteiger partial charge in [0.25, 0.3) is 0 Å². The lowest BCUT2D eigenvalue weighted by Gasteiger charge is -2.01. The average molecular weight is 276 g/mol. The molecule has 1 aromatic carbocycles. The third-order valence-electron chi connectivity index (χ3n) is 2.28. The molecule has 80 valence electrons. The number of halogens is 1. The van der Waals surface area contributed by atoms with Gasteiger partial charge in [-0.15, -0.1) is 0 Å². The fourth-order valence-electron chi connectivity index (χ4n) is 1.42. The second kappa shape index (κ2) is 5.03. The minimum absolute atomic E-state index is 0.0483. The molecule has 0 fully saturated rings. The summed E-state index contributed by atoms with van der Waals surface area (Å²) in [6, 6.07) is 13.6. The summed E-state index contributed by atoms with van der Waals surface area (Å²) in [5, 5.41) is 0.333. The normalized spacial score (nSPS) is 10.1. The molecule has 0 aliphatic rings. The van der Waals surface area contributed by atoms with Crippen LogP contribution in [0.4, 0.5) is 0 Å². The summed E-state index contributed by atoms with van der Waals surface area (Å²) < 4.78 is 0. The van der Waals surface area contributed by atoms with Gasteiger partial charge < -0.3 is 0 Å². The highest BCUT2D eigenvalue weighted by Crippen LogP contribution is 2.16. The number of carbonyl (C=O) groups excluding carboxylic acids is 1. The van der Waals surface area contributed by atoms with Crippen LogP contribution in [0.25, 0.3) is 11.3 Å². The number of benzene rings is 1. The average Bonchev–Trinajstić information content (AvgIpc) is 2.39. The number of rotatable bonds is 3. The van der Waals surface area contributed by atoms with Crippen LogP contribution in [-0.2, 0) is 0 Å². The fraction of sp³-hybridized carbons (Fsp3) is 0.0769. The Balaban J connectivity index is 2.30. The highest BCUT2D eigenvalue weighted by molar-refractivity contribution is 9.09. The van der Waals surface area contributed by atoms with Crippen LogP contribution in [0.3, 0.4) is 0 Å². The highest BCUT2D eigenvalue weighted by Gasteiger charge is 2.04. The number of alkyl halides is 1. The minimum atomic E-state index is 0.0483. The van der Waals surface area contributed by atoms with Crippen molar-refractivity contribution in [3.8, 4) is 11.3 Å². The lowest BCUT2D eigenvalue weighted by Crippen LogP contribution is -2.00. The number of hydrogen-bond acceptors (Lipinski definition) is 2. The van der Waals surface area contributed by atoms with Crippen molar-refractivity contribution in [2.24, 2.45) is 0 Å². The molecular weight excluding hydrogens is 266 g/mol. The molecule has 1 aromatic heterocycles. The summed E-state index contributed by atoms with van der Waals surface area (Å²) in [5.74, 6) is 0.0483. The SMILES string of the molecule is O=C(CBr)c1ccc(-c2ccccc2)nc1. The van der Waals surface area contributed by atoms with Crippen LogP contribution in [0.15, 0.2) is 48.7 Å². The van der Waals surface area contributed by atoms with Gasteiger partial charge in [-0.1, -0.05) is 46.3 Å². The number of hydrogen-bond donors (Lipinski definition) is 0. The summed E-state index contributed by atoms with van der Waals surface area (Å²) in [4.78, 5) is 15.7. The molecule has 0 saturated heterocycles. The number of Topliss-reactive ketones (excluding diaryl/α,β-unsaturated/α-hetero) is 1. The first-order valence-electron chi connectivity index (χ1n) is 4.92. The van der Waals surface area contributed by atoms with Crippen molar-refractivity contribution < 1.29 is 4.79 Å². The molecule has 2 aromatic rings. The van der Waals surface area contributed by atoms with Crippen molar-refractivity contribution in [3.05, 3.63) is 54.2 Å². The molecule has 0 bridgehead atoms. The van der Waals surface area contributed by atoms with E-state index >= 15 is 0 Å². The molecular formula is C13H10BrNO. The van der Waals surface area contributed by atoms with Gasteiger partial charge in [0.2, 0.25) is 0 Å². The van der Waals surface area contributed by atoms with E-state index < -0.39 is 0 Å². The van der Waals surface area contributed by atoms with E-state index in [0.29, 0.717) is 10.9 Å². The second-order valence-electron chi connectivity index (χ2n) is 3.35. The molecule has 0 amide bonds. The molecule has 2 nitrogen and oxygen atoms in total. The molecule has 3 heteroatoms. The van der Waals surface area contributed by atoms with Gasteiger partial charge in [-0.3, -0.25) is 9.78 Å². The van der Waals surface area contributed by atoms with Crippen molar-refractivity contribution in [2.45, 2.75) is 0 Å². The molecule has 0 N–H and O–H groups in total. The van der Waals surface area contributed by atoms with Gasteiger partial charge in [-0.05, 0) is 12.1 Å². The van der Waals surface area contributed by atoms with E-state index in [1.54, 1.807) is 12.3 Å². The van der Waals surface area contributed by atoms with Crippen molar-refractivity contribution in [1.82, 2.24) is 4.98 Å². The highest BCUT2D eigenvalue weighted by atomic mass is 79.9. The van der Waals surface area contributed by atoms with Crippen molar-refractivity contribution in [3.63, 3.8) is 0 Å². The van der Waals surface area contributed by atoms with Gasteiger partial charge in [-0.2, -0.15) is 0 Å². The molecule has 0 aliphatic carbocycles. The van der Waals surface area contributed by atoms with Gasteiger partial charge in [0.15, 0.2) is 5.78 Å². The third-order valence-corrected chi connectivity index (χ3v) is 2.79. The Bertz CT molecular complexity index is 479. The smallest absolute Gasteiger partial charge is 0.174 e. The van der Waals surface area contributed by atoms with Gasteiger partial charge in [0.1, 0.15) is 0 Å². The van der Waals surface area contributed by atoms with E-state index in [0.717, 1.165) is 11.3 Å². The Morgan fingerprint density at radius 3 is 2.44 bits per heavy atom. The van der Waals surface area contributed by atoms with E-state index in [9.17, 15) is 4.79 Å². The van der Waals surface area contributed by atoms with Gasteiger partial charge in [-0.25, -0.2) is 0 Å². The Morgan fingerprint density at radius 2 is 1.88 bits per heavy atom. The zero-order valence-corrected chi connectivity index (χ0v) is 10.1. The summed E-state index contributed by atoms with van der Waals surface area (Å²) in [6.07, 6.45) is 1.62. The zero-order valence-electron chi connectivity index (χ0n) is 8.56. The first-order chi connectivity index (χ1) is 7.81. The fourth-order valence-corrected chi connectivity index (χ4v) is 1.74. The largest absolute Gasteiger partial charge is 0.293 e. The lowest BCUT2D eigenvalue weighted by molar-refractivity contribution is 0.102. The summed E-state index contributed by atoms with van der Waals surface area (Å²) in [7, 11) is 0. The van der Waals surface area contributed by atoms with Crippen LogP contribution in [0.5, 0.6) is 0 Å². The van der Waals surface area contributed by atoms with Crippen LogP contribution in [0, 0.1) is 0 Å². The monoisotopic (exact) mass is 275 g/mol. The van der Waals surface area contributed by atoms with E-state index in [2.05, 4.69) is 20.9 Å². The first kappa shape index (κ1) is 11.0. The van der Waals surface area contributed by atoms with Crippen molar-refractivity contribution >= 4 is 21.7 Å².